The molecule has 0 radical (unpaired) electrons. The molecule has 20 heavy (non-hydrogen) atoms. The van der Waals surface area contributed by atoms with E-state index in [1.54, 1.807) is 11.9 Å². The summed E-state index contributed by atoms with van der Waals surface area (Å²) in [6.45, 7) is 2.58. The van der Waals surface area contributed by atoms with Gasteiger partial charge in [0.25, 0.3) is 0 Å². The number of hydrogen-bond donors (Lipinski definition) is 1. The summed E-state index contributed by atoms with van der Waals surface area (Å²) in [5.41, 5.74) is 3.00. The number of urea groups is 1. The molecular weight excluding hydrogens is 316 g/mol. The van der Waals surface area contributed by atoms with Gasteiger partial charge in [-0.2, -0.15) is 0 Å². The molecule has 0 aliphatic carbocycles. The molecule has 0 aliphatic heterocycles. The van der Waals surface area contributed by atoms with Gasteiger partial charge in [-0.1, -0.05) is 46.3 Å². The van der Waals surface area contributed by atoms with Gasteiger partial charge < -0.3 is 10.2 Å². The van der Waals surface area contributed by atoms with Crippen LogP contribution < -0.4 is 5.32 Å². The van der Waals surface area contributed by atoms with E-state index in [1.165, 1.54) is 0 Å². The molecule has 3 nitrogen and oxygen atoms in total. The highest BCUT2D eigenvalue weighted by molar-refractivity contribution is 9.10. The fraction of sp³-hybridized carbons (Fsp3) is 0.188. The molecule has 2 amide bonds. The minimum Gasteiger partial charge on any atom is -0.323 e. The van der Waals surface area contributed by atoms with E-state index in [2.05, 4.69) is 21.2 Å². The van der Waals surface area contributed by atoms with E-state index in [0.29, 0.717) is 6.54 Å². The SMILES string of the molecule is Cc1cc(NC(=O)N(C)Cc2ccccc2)ccc1Br. The molecule has 0 heterocycles. The van der Waals surface area contributed by atoms with Crippen LogP contribution in [0.1, 0.15) is 11.1 Å². The lowest BCUT2D eigenvalue weighted by Gasteiger charge is -2.18. The Morgan fingerprint density at radius 2 is 1.90 bits per heavy atom. The average Bonchev–Trinajstić information content (AvgIpc) is 2.44. The predicted octanol–water partition coefficient (Wildman–Crippen LogP) is 4.42. The highest BCUT2D eigenvalue weighted by Gasteiger charge is 2.09. The molecule has 0 aromatic heterocycles. The second-order valence-corrected chi connectivity index (χ2v) is 5.59. The number of aryl methyl sites for hydroxylation is 1. The summed E-state index contributed by atoms with van der Waals surface area (Å²) >= 11 is 3.45. The maximum atomic E-state index is 12.1. The van der Waals surface area contributed by atoms with Gasteiger partial charge in [0.1, 0.15) is 0 Å². The molecule has 4 heteroatoms. The van der Waals surface area contributed by atoms with E-state index in [4.69, 9.17) is 0 Å². The largest absolute Gasteiger partial charge is 0.323 e. The van der Waals surface area contributed by atoms with Gasteiger partial charge in [-0.3, -0.25) is 0 Å². The summed E-state index contributed by atoms with van der Waals surface area (Å²) in [6, 6.07) is 15.6. The molecule has 0 aliphatic rings. The van der Waals surface area contributed by atoms with Crippen LogP contribution in [0.25, 0.3) is 0 Å². The Balaban J connectivity index is 1.99. The van der Waals surface area contributed by atoms with E-state index in [1.807, 2.05) is 55.5 Å². The molecule has 0 spiro atoms. The van der Waals surface area contributed by atoms with Crippen molar-refractivity contribution in [2.75, 3.05) is 12.4 Å². The number of anilines is 1. The Kier molecular flexibility index (Phi) is 4.79. The fourth-order valence-corrected chi connectivity index (χ4v) is 2.12. The zero-order chi connectivity index (χ0) is 14.5. The number of carbonyl (C=O) groups is 1. The first-order valence-corrected chi connectivity index (χ1v) is 7.18. The van der Waals surface area contributed by atoms with Crippen LogP contribution in [0.3, 0.4) is 0 Å². The van der Waals surface area contributed by atoms with Crippen LogP contribution in [0.15, 0.2) is 53.0 Å². The van der Waals surface area contributed by atoms with E-state index in [0.717, 1.165) is 21.3 Å². The van der Waals surface area contributed by atoms with Gasteiger partial charge in [-0.05, 0) is 36.2 Å². The molecule has 1 N–H and O–H groups in total. The number of rotatable bonds is 3. The van der Waals surface area contributed by atoms with Crippen LogP contribution in [-0.4, -0.2) is 18.0 Å². The third-order valence-electron chi connectivity index (χ3n) is 3.02. The van der Waals surface area contributed by atoms with E-state index in [9.17, 15) is 4.79 Å². The van der Waals surface area contributed by atoms with Gasteiger partial charge in [0.15, 0.2) is 0 Å². The first-order valence-electron chi connectivity index (χ1n) is 6.38. The van der Waals surface area contributed by atoms with Crippen molar-refractivity contribution in [2.45, 2.75) is 13.5 Å². The Morgan fingerprint density at radius 3 is 2.55 bits per heavy atom. The van der Waals surface area contributed by atoms with Crippen molar-refractivity contribution in [3.8, 4) is 0 Å². The quantitative estimate of drug-likeness (QED) is 0.886. The lowest BCUT2D eigenvalue weighted by molar-refractivity contribution is 0.220. The van der Waals surface area contributed by atoms with Crippen LogP contribution in [0, 0.1) is 6.92 Å². The second-order valence-electron chi connectivity index (χ2n) is 4.74. The van der Waals surface area contributed by atoms with Crippen molar-refractivity contribution < 1.29 is 4.79 Å². The average molecular weight is 333 g/mol. The maximum absolute atomic E-state index is 12.1. The van der Waals surface area contributed by atoms with Crippen molar-refractivity contribution in [1.82, 2.24) is 4.90 Å². The normalized spacial score (nSPS) is 10.2. The van der Waals surface area contributed by atoms with Gasteiger partial charge in [0.05, 0.1) is 0 Å². The van der Waals surface area contributed by atoms with E-state index < -0.39 is 0 Å². The number of benzene rings is 2. The number of hydrogen-bond acceptors (Lipinski definition) is 1. The molecule has 0 atom stereocenters. The van der Waals surface area contributed by atoms with Crippen molar-refractivity contribution in [1.29, 1.82) is 0 Å². The molecule has 0 saturated heterocycles. The molecule has 0 fully saturated rings. The lowest BCUT2D eigenvalue weighted by Crippen LogP contribution is -2.30. The molecular formula is C16H17BrN2O. The molecule has 0 unspecified atom stereocenters. The number of amides is 2. The standard InChI is InChI=1S/C16H17BrN2O/c1-12-10-14(8-9-15(12)17)18-16(20)19(2)11-13-6-4-3-5-7-13/h3-10H,11H2,1-2H3,(H,18,20). The van der Waals surface area contributed by atoms with Crippen LogP contribution in [0.5, 0.6) is 0 Å². The Bertz CT molecular complexity index is 599. The number of halogens is 1. The number of nitrogens with zero attached hydrogens (tertiary/aromatic N) is 1. The smallest absolute Gasteiger partial charge is 0.321 e. The van der Waals surface area contributed by atoms with Crippen molar-refractivity contribution in [2.24, 2.45) is 0 Å². The van der Waals surface area contributed by atoms with E-state index >= 15 is 0 Å². The topological polar surface area (TPSA) is 32.3 Å². The monoisotopic (exact) mass is 332 g/mol. The highest BCUT2D eigenvalue weighted by Crippen LogP contribution is 2.20. The summed E-state index contributed by atoms with van der Waals surface area (Å²) in [5.74, 6) is 0. The first kappa shape index (κ1) is 14.6. The highest BCUT2D eigenvalue weighted by atomic mass is 79.9. The molecule has 0 bridgehead atoms. The molecule has 0 saturated carbocycles. The van der Waals surface area contributed by atoms with Gasteiger partial charge in [0, 0.05) is 23.8 Å². The van der Waals surface area contributed by atoms with Gasteiger partial charge >= 0.3 is 6.03 Å². The lowest BCUT2D eigenvalue weighted by atomic mass is 10.2. The van der Waals surface area contributed by atoms with Crippen molar-refractivity contribution in [3.05, 3.63) is 64.1 Å². The van der Waals surface area contributed by atoms with Crippen LogP contribution in [0.4, 0.5) is 10.5 Å². The first-order chi connectivity index (χ1) is 9.56. The van der Waals surface area contributed by atoms with E-state index in [-0.39, 0.29) is 6.03 Å². The van der Waals surface area contributed by atoms with Gasteiger partial charge in [-0.15, -0.1) is 0 Å². The summed E-state index contributed by atoms with van der Waals surface area (Å²) in [4.78, 5) is 13.8. The van der Waals surface area contributed by atoms with Gasteiger partial charge in [-0.25, -0.2) is 4.79 Å². The van der Waals surface area contributed by atoms with Crippen LogP contribution in [0.2, 0.25) is 0 Å². The maximum Gasteiger partial charge on any atom is 0.321 e. The third-order valence-corrected chi connectivity index (χ3v) is 3.91. The zero-order valence-corrected chi connectivity index (χ0v) is 13.1. The fourth-order valence-electron chi connectivity index (χ4n) is 1.87. The zero-order valence-electron chi connectivity index (χ0n) is 11.6. The minimum absolute atomic E-state index is 0.115. The number of carbonyl (C=O) groups excluding carboxylic acids is 1. The molecule has 2 aromatic rings. The van der Waals surface area contributed by atoms with Crippen LogP contribution in [-0.2, 0) is 6.54 Å². The minimum atomic E-state index is -0.115. The second kappa shape index (κ2) is 6.57. The Morgan fingerprint density at radius 1 is 1.20 bits per heavy atom. The Hall–Kier alpha value is -1.81. The third kappa shape index (κ3) is 3.84. The summed E-state index contributed by atoms with van der Waals surface area (Å²) in [5, 5.41) is 2.90. The molecule has 2 rings (SSSR count). The summed E-state index contributed by atoms with van der Waals surface area (Å²) in [6.07, 6.45) is 0. The number of nitrogens with one attached hydrogen (secondary N) is 1. The van der Waals surface area contributed by atoms with Crippen LogP contribution >= 0.6 is 15.9 Å². The molecule has 2 aromatic carbocycles. The predicted molar refractivity (Wildman–Crippen MR) is 85.8 cm³/mol. The molecule has 104 valence electrons. The Labute approximate surface area is 127 Å². The van der Waals surface area contributed by atoms with Crippen molar-refractivity contribution >= 4 is 27.6 Å². The van der Waals surface area contributed by atoms with Crippen molar-refractivity contribution in [3.63, 3.8) is 0 Å². The summed E-state index contributed by atoms with van der Waals surface area (Å²) < 4.78 is 1.04. The summed E-state index contributed by atoms with van der Waals surface area (Å²) in [7, 11) is 1.79. The van der Waals surface area contributed by atoms with Gasteiger partial charge in [0.2, 0.25) is 0 Å².